The first kappa shape index (κ1) is 14.4. The number of hydrazone groups is 1. The van der Waals surface area contributed by atoms with Crippen LogP contribution in [0, 0.1) is 18.3 Å². The molecule has 1 aromatic rings. The van der Waals surface area contributed by atoms with Gasteiger partial charge < -0.3 is 0 Å². The Hall–Kier alpha value is -1.99. The van der Waals surface area contributed by atoms with E-state index in [1.807, 2.05) is 31.2 Å². The van der Waals surface area contributed by atoms with Gasteiger partial charge in [0.2, 0.25) is 5.91 Å². The zero-order valence-corrected chi connectivity index (χ0v) is 12.1. The van der Waals surface area contributed by atoms with E-state index >= 15 is 0 Å². The molecule has 1 aliphatic rings. The minimum Gasteiger partial charge on any atom is -0.273 e. The predicted molar refractivity (Wildman–Crippen MR) is 84.4 cm³/mol. The maximum Gasteiger partial charge on any atom is 0.240 e. The summed E-state index contributed by atoms with van der Waals surface area (Å²) in [5, 5.41) is 4.07. The lowest BCUT2D eigenvalue weighted by molar-refractivity contribution is -0.121. The highest BCUT2D eigenvalue weighted by Gasteiger charge is 2.17. The van der Waals surface area contributed by atoms with Crippen LogP contribution in [0.25, 0.3) is 6.08 Å². The fraction of sp³-hybridized carbons (Fsp3) is 0.250. The monoisotopic (exact) mass is 284 g/mol. The topological polar surface area (TPSA) is 41.5 Å². The third-order valence-electron chi connectivity index (χ3n) is 2.96. The second-order valence-corrected chi connectivity index (χ2v) is 5.62. The number of carbonyl (C=O) groups excluding carboxylic acids is 1. The van der Waals surface area contributed by atoms with Crippen LogP contribution in [0.2, 0.25) is 0 Å². The Balaban J connectivity index is 2.01. The second-order valence-electron chi connectivity index (χ2n) is 4.57. The lowest BCUT2D eigenvalue weighted by atomic mass is 9.99. The molecule has 0 aliphatic carbocycles. The number of hydrogen-bond acceptors (Lipinski definition) is 3. The van der Waals surface area contributed by atoms with Gasteiger partial charge in [-0.1, -0.05) is 31.1 Å². The number of amides is 1. The van der Waals surface area contributed by atoms with Crippen molar-refractivity contribution >= 4 is 29.5 Å². The molecule has 4 heteroatoms. The van der Waals surface area contributed by atoms with Crippen LogP contribution in [0.4, 0.5) is 0 Å². The SMILES string of the molecule is C#CCSc1ccc(C=CC2=NNC(=O)CC2C)cc1. The molecule has 0 aromatic heterocycles. The van der Waals surface area contributed by atoms with Gasteiger partial charge in [0.05, 0.1) is 11.5 Å². The average molecular weight is 284 g/mol. The Morgan fingerprint density at radius 2 is 2.20 bits per heavy atom. The maximum atomic E-state index is 11.2. The molecule has 1 aromatic carbocycles. The Labute approximate surface area is 123 Å². The number of nitrogens with zero attached hydrogens (tertiary/aromatic N) is 1. The van der Waals surface area contributed by atoms with E-state index in [0.717, 1.165) is 16.2 Å². The van der Waals surface area contributed by atoms with E-state index in [0.29, 0.717) is 12.2 Å². The number of carbonyl (C=O) groups is 1. The molecule has 0 saturated heterocycles. The number of rotatable bonds is 4. The van der Waals surface area contributed by atoms with Crippen LogP contribution in [0.3, 0.4) is 0 Å². The normalized spacial score (nSPS) is 18.5. The van der Waals surface area contributed by atoms with Crippen molar-refractivity contribution in [3.63, 3.8) is 0 Å². The van der Waals surface area contributed by atoms with Crippen molar-refractivity contribution in [2.24, 2.45) is 11.0 Å². The highest BCUT2D eigenvalue weighted by atomic mass is 32.2. The molecule has 0 fully saturated rings. The highest BCUT2D eigenvalue weighted by molar-refractivity contribution is 7.99. The lowest BCUT2D eigenvalue weighted by Crippen LogP contribution is -2.30. The van der Waals surface area contributed by atoms with Gasteiger partial charge in [0.25, 0.3) is 0 Å². The van der Waals surface area contributed by atoms with Gasteiger partial charge in [0.1, 0.15) is 0 Å². The predicted octanol–water partition coefficient (Wildman–Crippen LogP) is 2.94. The van der Waals surface area contributed by atoms with Crippen molar-refractivity contribution in [3.8, 4) is 12.3 Å². The number of allylic oxidation sites excluding steroid dienone is 1. The molecule has 1 unspecified atom stereocenters. The lowest BCUT2D eigenvalue weighted by Gasteiger charge is -2.16. The fourth-order valence-electron chi connectivity index (χ4n) is 1.85. The second kappa shape index (κ2) is 6.97. The summed E-state index contributed by atoms with van der Waals surface area (Å²) in [6, 6.07) is 8.19. The molecule has 1 N–H and O–H groups in total. The molecule has 1 atom stereocenters. The summed E-state index contributed by atoms with van der Waals surface area (Å²) in [6.07, 6.45) is 9.68. The van der Waals surface area contributed by atoms with Gasteiger partial charge in [-0.3, -0.25) is 4.79 Å². The summed E-state index contributed by atoms with van der Waals surface area (Å²) >= 11 is 1.64. The van der Waals surface area contributed by atoms with E-state index in [1.165, 1.54) is 0 Å². The van der Waals surface area contributed by atoms with E-state index in [1.54, 1.807) is 11.8 Å². The number of benzene rings is 1. The van der Waals surface area contributed by atoms with Crippen LogP contribution in [0.15, 0.2) is 40.3 Å². The molecule has 0 bridgehead atoms. The Bertz CT molecular complexity index is 581. The number of hydrogen-bond donors (Lipinski definition) is 1. The first-order chi connectivity index (χ1) is 9.69. The minimum atomic E-state index is -0.0236. The summed E-state index contributed by atoms with van der Waals surface area (Å²) < 4.78 is 0. The summed E-state index contributed by atoms with van der Waals surface area (Å²) in [5.74, 6) is 3.42. The van der Waals surface area contributed by atoms with E-state index in [2.05, 4.69) is 28.6 Å². The first-order valence-corrected chi connectivity index (χ1v) is 7.38. The molecule has 20 heavy (non-hydrogen) atoms. The summed E-state index contributed by atoms with van der Waals surface area (Å²) in [6.45, 7) is 2.00. The maximum absolute atomic E-state index is 11.2. The summed E-state index contributed by atoms with van der Waals surface area (Å²) in [5.41, 5.74) is 4.50. The van der Waals surface area contributed by atoms with Crippen LogP contribution in [-0.4, -0.2) is 17.4 Å². The molecule has 1 aliphatic heterocycles. The molecular weight excluding hydrogens is 268 g/mol. The van der Waals surface area contributed by atoms with Gasteiger partial charge in [0.15, 0.2) is 0 Å². The van der Waals surface area contributed by atoms with Crippen molar-refractivity contribution in [2.75, 3.05) is 5.75 Å². The minimum absolute atomic E-state index is 0.0236. The third kappa shape index (κ3) is 4.01. The molecule has 1 amide bonds. The Morgan fingerprint density at radius 1 is 1.45 bits per heavy atom. The largest absolute Gasteiger partial charge is 0.273 e. The molecule has 2 rings (SSSR count). The van der Waals surface area contributed by atoms with Gasteiger partial charge >= 0.3 is 0 Å². The van der Waals surface area contributed by atoms with Crippen molar-refractivity contribution in [1.29, 1.82) is 0 Å². The summed E-state index contributed by atoms with van der Waals surface area (Å²) in [7, 11) is 0. The standard InChI is InChI=1S/C16H16N2OS/c1-3-10-20-14-7-4-13(5-8-14)6-9-15-12(2)11-16(19)18-17-15/h1,4-9,12H,10-11H2,2H3,(H,18,19). The van der Waals surface area contributed by atoms with Crippen LogP contribution < -0.4 is 5.43 Å². The smallest absolute Gasteiger partial charge is 0.240 e. The average Bonchev–Trinajstić information content (AvgIpc) is 2.45. The molecule has 3 nitrogen and oxygen atoms in total. The van der Waals surface area contributed by atoms with E-state index in [-0.39, 0.29) is 11.8 Å². The van der Waals surface area contributed by atoms with E-state index in [9.17, 15) is 4.79 Å². The van der Waals surface area contributed by atoms with Crippen LogP contribution in [-0.2, 0) is 4.79 Å². The first-order valence-electron chi connectivity index (χ1n) is 6.40. The molecular formula is C16H16N2OS. The van der Waals surface area contributed by atoms with Gasteiger partial charge in [-0.2, -0.15) is 5.10 Å². The molecule has 102 valence electrons. The van der Waals surface area contributed by atoms with E-state index in [4.69, 9.17) is 6.42 Å². The van der Waals surface area contributed by atoms with Crippen LogP contribution >= 0.6 is 11.8 Å². The van der Waals surface area contributed by atoms with Crippen molar-refractivity contribution in [1.82, 2.24) is 5.43 Å². The highest BCUT2D eigenvalue weighted by Crippen LogP contribution is 2.18. The molecule has 0 spiro atoms. The molecule has 1 heterocycles. The fourth-order valence-corrected chi connectivity index (χ4v) is 2.43. The number of terminal acetylenes is 1. The van der Waals surface area contributed by atoms with Crippen molar-refractivity contribution in [2.45, 2.75) is 18.2 Å². The van der Waals surface area contributed by atoms with Crippen LogP contribution in [0.1, 0.15) is 18.9 Å². The summed E-state index contributed by atoms with van der Waals surface area (Å²) in [4.78, 5) is 12.3. The van der Waals surface area contributed by atoms with Gasteiger partial charge in [-0.15, -0.1) is 18.2 Å². The van der Waals surface area contributed by atoms with Gasteiger partial charge in [0, 0.05) is 17.2 Å². The van der Waals surface area contributed by atoms with Crippen molar-refractivity contribution < 1.29 is 4.79 Å². The zero-order valence-electron chi connectivity index (χ0n) is 11.3. The molecule has 0 saturated carbocycles. The quantitative estimate of drug-likeness (QED) is 0.682. The molecule has 0 radical (unpaired) electrons. The number of thioether (sulfide) groups is 1. The Kier molecular flexibility index (Phi) is 5.03. The van der Waals surface area contributed by atoms with Gasteiger partial charge in [-0.05, 0) is 23.8 Å². The zero-order chi connectivity index (χ0) is 14.4. The van der Waals surface area contributed by atoms with Crippen molar-refractivity contribution in [3.05, 3.63) is 35.9 Å². The van der Waals surface area contributed by atoms with Crippen LogP contribution in [0.5, 0.6) is 0 Å². The van der Waals surface area contributed by atoms with E-state index < -0.39 is 0 Å². The third-order valence-corrected chi connectivity index (χ3v) is 3.87. The van der Waals surface area contributed by atoms with Gasteiger partial charge in [-0.25, -0.2) is 5.43 Å². The Morgan fingerprint density at radius 3 is 2.85 bits per heavy atom. The number of nitrogens with one attached hydrogen (secondary N) is 1.